The lowest BCUT2D eigenvalue weighted by atomic mass is 10.0. The van der Waals surface area contributed by atoms with Crippen LogP contribution in [-0.2, 0) is 4.79 Å². The number of amides is 1. The summed E-state index contributed by atoms with van der Waals surface area (Å²) in [5.41, 5.74) is 1.76. The number of halogens is 1. The first-order valence-electron chi connectivity index (χ1n) is 12.1. The molecule has 0 spiro atoms. The SMILES string of the molecule is CCCCNc1c(-c2ccc(F)cc2)nc2c(C(=O)NC(CC(=O)O)c3cccc([N+](=O)[O-])c3)cccn12. The molecule has 0 fully saturated rings. The van der Waals surface area contributed by atoms with E-state index in [9.17, 15) is 29.2 Å². The summed E-state index contributed by atoms with van der Waals surface area (Å²) in [5.74, 6) is -1.52. The van der Waals surface area contributed by atoms with Gasteiger partial charge in [-0.3, -0.25) is 24.1 Å². The number of nitro groups is 1. The number of aliphatic carboxylic acids is 1. The number of fused-ring (bicyclic) bond motifs is 1. The van der Waals surface area contributed by atoms with E-state index >= 15 is 0 Å². The monoisotopic (exact) mass is 519 g/mol. The summed E-state index contributed by atoms with van der Waals surface area (Å²) in [6.45, 7) is 2.72. The Hall–Kier alpha value is -4.80. The van der Waals surface area contributed by atoms with E-state index in [0.29, 0.717) is 34.8 Å². The number of pyridine rings is 1. The van der Waals surface area contributed by atoms with Crippen molar-refractivity contribution in [3.05, 3.63) is 93.9 Å². The van der Waals surface area contributed by atoms with E-state index in [2.05, 4.69) is 17.6 Å². The summed E-state index contributed by atoms with van der Waals surface area (Å²) in [6, 6.07) is 13.6. The molecule has 4 rings (SSSR count). The van der Waals surface area contributed by atoms with Gasteiger partial charge in [0.2, 0.25) is 0 Å². The van der Waals surface area contributed by atoms with Crippen molar-refractivity contribution < 1.29 is 24.0 Å². The third-order valence-electron chi connectivity index (χ3n) is 6.00. The summed E-state index contributed by atoms with van der Waals surface area (Å²) in [7, 11) is 0. The van der Waals surface area contributed by atoms with Gasteiger partial charge in [-0.05, 0) is 48.4 Å². The lowest BCUT2D eigenvalue weighted by molar-refractivity contribution is -0.384. The number of hydrogen-bond donors (Lipinski definition) is 3. The third kappa shape index (κ3) is 5.77. The molecule has 0 radical (unpaired) electrons. The number of carbonyl (C=O) groups is 2. The zero-order valence-corrected chi connectivity index (χ0v) is 20.6. The van der Waals surface area contributed by atoms with Crippen molar-refractivity contribution in [1.29, 1.82) is 0 Å². The Morgan fingerprint density at radius 3 is 2.61 bits per heavy atom. The zero-order chi connectivity index (χ0) is 27.2. The number of nitrogens with one attached hydrogen (secondary N) is 2. The third-order valence-corrected chi connectivity index (χ3v) is 6.00. The van der Waals surface area contributed by atoms with Crippen molar-refractivity contribution in [3.63, 3.8) is 0 Å². The molecule has 0 aliphatic heterocycles. The number of carboxylic acids is 1. The first kappa shape index (κ1) is 26.3. The van der Waals surface area contributed by atoms with Gasteiger partial charge in [0, 0.05) is 30.4 Å². The van der Waals surface area contributed by atoms with Crippen molar-refractivity contribution in [2.45, 2.75) is 32.2 Å². The Labute approximate surface area is 217 Å². The second-order valence-electron chi connectivity index (χ2n) is 8.69. The van der Waals surface area contributed by atoms with Gasteiger partial charge in [0.25, 0.3) is 11.6 Å². The van der Waals surface area contributed by atoms with E-state index in [1.54, 1.807) is 34.9 Å². The number of anilines is 1. The number of imidazole rings is 1. The highest BCUT2D eigenvalue weighted by Crippen LogP contribution is 2.31. The molecule has 1 amide bonds. The Bertz CT molecular complexity index is 1490. The number of non-ortho nitro benzene ring substituents is 1. The minimum atomic E-state index is -1.18. The average Bonchev–Trinajstić information content (AvgIpc) is 3.27. The highest BCUT2D eigenvalue weighted by atomic mass is 19.1. The fraction of sp³-hybridized carbons (Fsp3) is 0.222. The molecule has 3 N–H and O–H groups in total. The van der Waals surface area contributed by atoms with Gasteiger partial charge in [-0.1, -0.05) is 25.5 Å². The number of benzene rings is 2. The molecule has 4 aromatic rings. The topological polar surface area (TPSA) is 139 Å². The summed E-state index contributed by atoms with van der Waals surface area (Å²) in [4.78, 5) is 40.3. The largest absolute Gasteiger partial charge is 0.481 e. The number of unbranched alkanes of at least 4 members (excludes halogenated alkanes) is 1. The molecule has 11 heteroatoms. The first-order valence-corrected chi connectivity index (χ1v) is 12.1. The average molecular weight is 520 g/mol. The van der Waals surface area contributed by atoms with Crippen LogP contribution >= 0.6 is 0 Å². The normalized spacial score (nSPS) is 11.7. The predicted molar refractivity (Wildman–Crippen MR) is 140 cm³/mol. The number of carboxylic acid groups (broad SMARTS) is 1. The van der Waals surface area contributed by atoms with Crippen molar-refractivity contribution in [3.8, 4) is 11.3 Å². The molecule has 2 aromatic heterocycles. The summed E-state index contributed by atoms with van der Waals surface area (Å²) >= 11 is 0. The smallest absolute Gasteiger partial charge is 0.305 e. The highest BCUT2D eigenvalue weighted by molar-refractivity contribution is 6.01. The molecule has 2 heterocycles. The first-order chi connectivity index (χ1) is 18.3. The van der Waals surface area contributed by atoms with Gasteiger partial charge in [0.15, 0.2) is 5.65 Å². The maximum absolute atomic E-state index is 13.6. The van der Waals surface area contributed by atoms with Gasteiger partial charge < -0.3 is 15.7 Å². The van der Waals surface area contributed by atoms with Crippen LogP contribution in [0.1, 0.15) is 48.1 Å². The molecule has 1 atom stereocenters. The highest BCUT2D eigenvalue weighted by Gasteiger charge is 2.24. The van der Waals surface area contributed by atoms with Crippen LogP contribution in [0.25, 0.3) is 16.9 Å². The van der Waals surface area contributed by atoms with Gasteiger partial charge in [-0.2, -0.15) is 0 Å². The fourth-order valence-electron chi connectivity index (χ4n) is 4.12. The van der Waals surface area contributed by atoms with Crippen LogP contribution < -0.4 is 10.6 Å². The van der Waals surface area contributed by atoms with Crippen LogP contribution in [-0.4, -0.2) is 37.8 Å². The lowest BCUT2D eigenvalue weighted by Gasteiger charge is -2.17. The second kappa shape index (κ2) is 11.5. The fourth-order valence-corrected chi connectivity index (χ4v) is 4.12. The number of nitrogens with zero attached hydrogens (tertiary/aromatic N) is 3. The molecule has 0 aliphatic rings. The van der Waals surface area contributed by atoms with E-state index in [1.807, 2.05) is 0 Å². The van der Waals surface area contributed by atoms with E-state index < -0.39 is 29.3 Å². The number of aromatic nitrogens is 2. The van der Waals surface area contributed by atoms with E-state index in [4.69, 9.17) is 4.98 Å². The number of nitro benzene ring substituents is 1. The van der Waals surface area contributed by atoms with Crippen LogP contribution in [0.15, 0.2) is 66.9 Å². The molecule has 38 heavy (non-hydrogen) atoms. The lowest BCUT2D eigenvalue weighted by Crippen LogP contribution is -2.30. The Balaban J connectivity index is 1.75. The van der Waals surface area contributed by atoms with E-state index in [1.165, 1.54) is 36.4 Å². The standard InChI is InChI=1S/C27H26FN5O5/c1-2-3-13-29-26-24(17-9-11-19(28)12-10-17)31-25-21(8-5-14-32(25)26)27(36)30-22(16-23(34)35)18-6-4-7-20(15-18)33(37)38/h4-12,14-15,22,29H,2-3,13,16H2,1H3,(H,30,36)(H,34,35). The molecule has 196 valence electrons. The summed E-state index contributed by atoms with van der Waals surface area (Å²) < 4.78 is 15.3. The van der Waals surface area contributed by atoms with Gasteiger partial charge in [-0.15, -0.1) is 0 Å². The van der Waals surface area contributed by atoms with Gasteiger partial charge >= 0.3 is 5.97 Å². The molecular formula is C27H26FN5O5. The second-order valence-corrected chi connectivity index (χ2v) is 8.69. The van der Waals surface area contributed by atoms with Gasteiger partial charge in [0.05, 0.1) is 22.9 Å². The predicted octanol–water partition coefficient (Wildman–Crippen LogP) is 5.21. The van der Waals surface area contributed by atoms with Crippen LogP contribution in [0.4, 0.5) is 15.9 Å². The number of carbonyl (C=O) groups excluding carboxylic acids is 1. The Morgan fingerprint density at radius 1 is 1.16 bits per heavy atom. The van der Waals surface area contributed by atoms with Crippen molar-refractivity contribution in [2.75, 3.05) is 11.9 Å². The van der Waals surface area contributed by atoms with Crippen LogP contribution in [0.3, 0.4) is 0 Å². The molecule has 0 aliphatic carbocycles. The minimum Gasteiger partial charge on any atom is -0.481 e. The minimum absolute atomic E-state index is 0.181. The van der Waals surface area contributed by atoms with Crippen LogP contribution in [0.5, 0.6) is 0 Å². The van der Waals surface area contributed by atoms with Gasteiger partial charge in [0.1, 0.15) is 17.3 Å². The Morgan fingerprint density at radius 2 is 1.92 bits per heavy atom. The van der Waals surface area contributed by atoms with Crippen molar-refractivity contribution in [2.24, 2.45) is 0 Å². The molecule has 0 bridgehead atoms. The van der Waals surface area contributed by atoms with Crippen LogP contribution in [0.2, 0.25) is 0 Å². The van der Waals surface area contributed by atoms with E-state index in [0.717, 1.165) is 12.8 Å². The quantitative estimate of drug-likeness (QED) is 0.140. The molecule has 0 saturated carbocycles. The van der Waals surface area contributed by atoms with Crippen molar-refractivity contribution in [1.82, 2.24) is 14.7 Å². The number of rotatable bonds is 11. The molecule has 0 saturated heterocycles. The van der Waals surface area contributed by atoms with Crippen LogP contribution in [0, 0.1) is 15.9 Å². The van der Waals surface area contributed by atoms with E-state index in [-0.39, 0.29) is 17.1 Å². The molecule has 1 unspecified atom stereocenters. The molecule has 10 nitrogen and oxygen atoms in total. The zero-order valence-electron chi connectivity index (χ0n) is 20.6. The summed E-state index contributed by atoms with van der Waals surface area (Å²) in [5, 5.41) is 26.7. The van der Waals surface area contributed by atoms with Gasteiger partial charge in [-0.25, -0.2) is 9.37 Å². The molecule has 2 aromatic carbocycles. The van der Waals surface area contributed by atoms with Crippen molar-refractivity contribution >= 4 is 29.0 Å². The Kier molecular flexibility index (Phi) is 7.95. The maximum Gasteiger partial charge on any atom is 0.305 e. The maximum atomic E-state index is 13.6. The summed E-state index contributed by atoms with van der Waals surface area (Å²) in [6.07, 6.45) is 3.13. The molecular weight excluding hydrogens is 493 g/mol. The number of hydrogen-bond acceptors (Lipinski definition) is 6.